The number of hydrogen-bond donors (Lipinski definition) is 1. The zero-order valence-electron chi connectivity index (χ0n) is 17.8. The van der Waals surface area contributed by atoms with Gasteiger partial charge in [-0.2, -0.15) is 8.78 Å². The van der Waals surface area contributed by atoms with Crippen LogP contribution in [0.3, 0.4) is 0 Å². The van der Waals surface area contributed by atoms with Crippen LogP contribution in [0.2, 0.25) is 0 Å². The van der Waals surface area contributed by atoms with Gasteiger partial charge in [0.05, 0.1) is 13.0 Å². The molecule has 31 heavy (non-hydrogen) atoms. The van der Waals surface area contributed by atoms with Gasteiger partial charge in [-0.05, 0) is 43.9 Å². The van der Waals surface area contributed by atoms with Crippen molar-refractivity contribution in [3.05, 3.63) is 58.7 Å². The van der Waals surface area contributed by atoms with Crippen LogP contribution in [0.25, 0.3) is 0 Å². The fourth-order valence-corrected chi connectivity index (χ4v) is 4.36. The second-order valence-corrected chi connectivity index (χ2v) is 8.61. The number of halogens is 2. The fraction of sp³-hybridized carbons (Fsp3) is 0.458. The van der Waals surface area contributed by atoms with Crippen LogP contribution in [0, 0.1) is 0 Å². The zero-order chi connectivity index (χ0) is 22.4. The van der Waals surface area contributed by atoms with E-state index in [0.29, 0.717) is 36.5 Å². The largest absolute Gasteiger partial charge is 0.492 e. The monoisotopic (exact) mass is 432 g/mol. The summed E-state index contributed by atoms with van der Waals surface area (Å²) in [6.07, 6.45) is 0.756. The lowest BCUT2D eigenvalue weighted by atomic mass is 9.88. The summed E-state index contributed by atoms with van der Waals surface area (Å²) in [4.78, 5) is 11.0. The average Bonchev–Trinajstić information content (AvgIpc) is 3.31. The van der Waals surface area contributed by atoms with E-state index in [1.165, 1.54) is 27.0 Å². The first-order chi connectivity index (χ1) is 14.6. The van der Waals surface area contributed by atoms with Gasteiger partial charge in [0, 0.05) is 30.2 Å². The van der Waals surface area contributed by atoms with Crippen LogP contribution in [-0.4, -0.2) is 30.4 Å². The van der Waals surface area contributed by atoms with Crippen molar-refractivity contribution in [2.75, 3.05) is 13.7 Å². The van der Waals surface area contributed by atoms with E-state index in [2.05, 4.69) is 0 Å². The summed E-state index contributed by atoms with van der Waals surface area (Å²) in [7, 11) is 1.29. The Hall–Kier alpha value is -2.67. The van der Waals surface area contributed by atoms with Gasteiger partial charge in [-0.3, -0.25) is 4.79 Å². The molecule has 2 atom stereocenters. The van der Waals surface area contributed by atoms with E-state index in [-0.39, 0.29) is 24.0 Å². The number of rotatable bonds is 7. The third kappa shape index (κ3) is 3.76. The lowest BCUT2D eigenvalue weighted by molar-refractivity contribution is -0.185. The number of ether oxygens (including phenoxy) is 3. The molecule has 0 aromatic heterocycles. The Balaban J connectivity index is 1.57. The van der Waals surface area contributed by atoms with E-state index in [1.54, 1.807) is 18.2 Å². The minimum Gasteiger partial charge on any atom is -0.492 e. The summed E-state index contributed by atoms with van der Waals surface area (Å²) in [5.74, 6) is -3.01. The maximum absolute atomic E-state index is 15.2. The number of hydrogen-bond acceptors (Lipinski definition) is 4. The molecule has 4 rings (SSSR count). The summed E-state index contributed by atoms with van der Waals surface area (Å²) in [6.45, 7) is 3.10. The third-order valence-electron chi connectivity index (χ3n) is 6.38. The minimum atomic E-state index is -3.15. The Labute approximate surface area is 179 Å². The van der Waals surface area contributed by atoms with Gasteiger partial charge >= 0.3 is 11.9 Å². The highest BCUT2D eigenvalue weighted by molar-refractivity contribution is 5.68. The van der Waals surface area contributed by atoms with Crippen molar-refractivity contribution < 1.29 is 32.9 Å². The molecule has 0 bridgehead atoms. The Morgan fingerprint density at radius 3 is 2.71 bits per heavy atom. The number of aliphatic carboxylic acids is 1. The van der Waals surface area contributed by atoms with Crippen molar-refractivity contribution in [2.45, 2.75) is 56.7 Å². The smallest absolute Gasteiger partial charge is 0.304 e. The number of methoxy groups -OCH3 is 1. The third-order valence-corrected chi connectivity index (χ3v) is 6.38. The van der Waals surface area contributed by atoms with Crippen LogP contribution in [0.15, 0.2) is 36.4 Å². The van der Waals surface area contributed by atoms with Gasteiger partial charge in [0.25, 0.3) is 0 Å². The van der Waals surface area contributed by atoms with Crippen molar-refractivity contribution in [2.24, 2.45) is 0 Å². The molecule has 2 aromatic rings. The van der Waals surface area contributed by atoms with E-state index < -0.39 is 17.5 Å². The van der Waals surface area contributed by atoms with Crippen LogP contribution in [-0.2, 0) is 21.9 Å². The maximum Gasteiger partial charge on any atom is 0.304 e. The molecule has 0 spiro atoms. The molecule has 2 aromatic carbocycles. The van der Waals surface area contributed by atoms with Gasteiger partial charge in [-0.15, -0.1) is 0 Å². The highest BCUT2D eigenvalue weighted by atomic mass is 19.3. The normalized spacial score (nSPS) is 20.2. The Bertz CT molecular complexity index is 1000. The molecule has 1 aliphatic heterocycles. The van der Waals surface area contributed by atoms with Gasteiger partial charge in [0.2, 0.25) is 0 Å². The highest BCUT2D eigenvalue weighted by Crippen LogP contribution is 2.47. The Kier molecular flexibility index (Phi) is 5.41. The van der Waals surface area contributed by atoms with Gasteiger partial charge in [-0.1, -0.05) is 24.3 Å². The molecule has 1 aliphatic carbocycles. The average molecular weight is 432 g/mol. The van der Waals surface area contributed by atoms with Gasteiger partial charge in [0.15, 0.2) is 0 Å². The quantitative estimate of drug-likeness (QED) is 0.650. The number of benzene rings is 2. The molecular formula is C24H26F2O5. The summed E-state index contributed by atoms with van der Waals surface area (Å²) in [5, 5.41) is 9.04. The molecule has 0 fully saturated rings. The summed E-state index contributed by atoms with van der Waals surface area (Å²) in [6, 6.07) is 10.3. The fourth-order valence-electron chi connectivity index (χ4n) is 4.36. The molecule has 0 saturated carbocycles. The van der Waals surface area contributed by atoms with Crippen molar-refractivity contribution in [3.63, 3.8) is 0 Å². The molecule has 0 saturated heterocycles. The lowest BCUT2D eigenvalue weighted by Gasteiger charge is -2.34. The lowest BCUT2D eigenvalue weighted by Crippen LogP contribution is -2.42. The Morgan fingerprint density at radius 2 is 2.00 bits per heavy atom. The first kappa shape index (κ1) is 21.6. The second-order valence-electron chi connectivity index (χ2n) is 8.61. The molecule has 7 heteroatoms. The molecule has 0 amide bonds. The molecule has 2 aliphatic rings. The first-order valence-corrected chi connectivity index (χ1v) is 10.3. The van der Waals surface area contributed by atoms with E-state index in [9.17, 15) is 4.79 Å². The van der Waals surface area contributed by atoms with Crippen LogP contribution >= 0.6 is 0 Å². The number of carboxylic acid groups (broad SMARTS) is 1. The molecular weight excluding hydrogens is 406 g/mol. The van der Waals surface area contributed by atoms with E-state index in [1.807, 2.05) is 12.1 Å². The van der Waals surface area contributed by atoms with Crippen molar-refractivity contribution in [3.8, 4) is 11.5 Å². The predicted molar refractivity (Wildman–Crippen MR) is 110 cm³/mol. The van der Waals surface area contributed by atoms with E-state index in [4.69, 9.17) is 19.3 Å². The van der Waals surface area contributed by atoms with Gasteiger partial charge < -0.3 is 19.3 Å². The molecule has 0 unspecified atom stereocenters. The van der Waals surface area contributed by atoms with Crippen LogP contribution in [0.5, 0.6) is 11.5 Å². The topological polar surface area (TPSA) is 65.0 Å². The van der Waals surface area contributed by atoms with Crippen molar-refractivity contribution in [1.29, 1.82) is 0 Å². The zero-order valence-corrected chi connectivity index (χ0v) is 17.8. The number of carboxylic acids is 1. The summed E-state index contributed by atoms with van der Waals surface area (Å²) < 4.78 is 47.3. The molecule has 1 heterocycles. The SMILES string of the molecule is COC(C)(C)C(F)(F)c1cccc2c1CC[C@H]2Oc1ccc2c(c1)OC[C@H]2CC(=O)O. The molecule has 1 N–H and O–H groups in total. The standard InChI is InChI=1S/C24H26F2O5/c1-23(2,29-3)24(25,26)19-6-4-5-18-17(19)9-10-20(18)31-15-7-8-16-14(11-22(27)28)13-30-21(16)12-15/h4-8,12,14,20H,9-11,13H2,1-3H3,(H,27,28)/t14-,20-/m1/s1. The predicted octanol–water partition coefficient (Wildman–Crippen LogP) is 5.22. The summed E-state index contributed by atoms with van der Waals surface area (Å²) in [5.41, 5.74) is 0.572. The van der Waals surface area contributed by atoms with Gasteiger partial charge in [0.1, 0.15) is 23.2 Å². The number of alkyl halides is 2. The maximum atomic E-state index is 15.2. The highest BCUT2D eigenvalue weighted by Gasteiger charge is 2.50. The molecule has 5 nitrogen and oxygen atoms in total. The number of carbonyl (C=O) groups is 1. The van der Waals surface area contributed by atoms with Crippen LogP contribution in [0.1, 0.15) is 61.0 Å². The minimum absolute atomic E-state index is 0.0119. The Morgan fingerprint density at radius 1 is 1.23 bits per heavy atom. The van der Waals surface area contributed by atoms with E-state index in [0.717, 1.165) is 11.1 Å². The first-order valence-electron chi connectivity index (χ1n) is 10.3. The van der Waals surface area contributed by atoms with E-state index >= 15 is 8.78 Å². The second kappa shape index (κ2) is 7.79. The van der Waals surface area contributed by atoms with Crippen LogP contribution in [0.4, 0.5) is 8.78 Å². The van der Waals surface area contributed by atoms with Crippen molar-refractivity contribution in [1.82, 2.24) is 0 Å². The molecule has 166 valence electrons. The van der Waals surface area contributed by atoms with Crippen LogP contribution < -0.4 is 9.47 Å². The summed E-state index contributed by atoms with van der Waals surface area (Å²) >= 11 is 0. The van der Waals surface area contributed by atoms with Crippen molar-refractivity contribution >= 4 is 5.97 Å². The van der Waals surface area contributed by atoms with Gasteiger partial charge in [-0.25, -0.2) is 0 Å². The molecule has 0 radical (unpaired) electrons. The number of fused-ring (bicyclic) bond motifs is 2.